The largest absolute Gasteiger partial charge is 0.486 e. The minimum absolute atomic E-state index is 0.0190. The van der Waals surface area contributed by atoms with Crippen molar-refractivity contribution in [3.05, 3.63) is 48.0 Å². The Morgan fingerprint density at radius 2 is 1.65 bits per heavy atom. The van der Waals surface area contributed by atoms with Crippen LogP contribution in [0.2, 0.25) is 0 Å². The van der Waals surface area contributed by atoms with Gasteiger partial charge in [0.2, 0.25) is 0 Å². The molecule has 11 heteroatoms. The van der Waals surface area contributed by atoms with Crippen molar-refractivity contribution in [1.29, 1.82) is 0 Å². The van der Waals surface area contributed by atoms with Crippen LogP contribution >= 0.6 is 0 Å². The van der Waals surface area contributed by atoms with Gasteiger partial charge >= 0.3 is 5.97 Å². The molecule has 4 rings (SSSR count). The van der Waals surface area contributed by atoms with Gasteiger partial charge in [-0.25, -0.2) is 13.2 Å². The number of anilines is 1. The van der Waals surface area contributed by atoms with Gasteiger partial charge in [0.25, 0.3) is 15.9 Å². The van der Waals surface area contributed by atoms with E-state index in [0.717, 1.165) is 0 Å². The first-order valence-corrected chi connectivity index (χ1v) is 12.3. The van der Waals surface area contributed by atoms with Gasteiger partial charge < -0.3 is 23.8 Å². The highest BCUT2D eigenvalue weighted by Crippen LogP contribution is 2.32. The van der Waals surface area contributed by atoms with Crippen molar-refractivity contribution in [3.8, 4) is 11.5 Å². The zero-order valence-electron chi connectivity index (χ0n) is 18.9. The summed E-state index contributed by atoms with van der Waals surface area (Å²) in [6.45, 7) is 5.02. The fourth-order valence-electron chi connectivity index (χ4n) is 3.76. The molecule has 1 fully saturated rings. The summed E-state index contributed by atoms with van der Waals surface area (Å²) >= 11 is 0. The van der Waals surface area contributed by atoms with Crippen LogP contribution < -0.4 is 14.2 Å². The van der Waals surface area contributed by atoms with E-state index in [-0.39, 0.29) is 40.9 Å². The second kappa shape index (κ2) is 9.90. The summed E-state index contributed by atoms with van der Waals surface area (Å²) in [5.41, 5.74) is 0.456. The highest BCUT2D eigenvalue weighted by atomic mass is 32.2. The number of ether oxygens (including phenoxy) is 4. The molecule has 0 aromatic heterocycles. The van der Waals surface area contributed by atoms with Crippen molar-refractivity contribution in [2.75, 3.05) is 37.6 Å². The lowest BCUT2D eigenvalue weighted by atomic mass is 10.2. The molecule has 1 amide bonds. The molecule has 2 aliphatic rings. The van der Waals surface area contributed by atoms with Crippen molar-refractivity contribution < 1.29 is 37.0 Å². The zero-order valence-corrected chi connectivity index (χ0v) is 19.7. The number of nitrogens with zero attached hydrogens (tertiary/aromatic N) is 1. The molecule has 0 spiro atoms. The van der Waals surface area contributed by atoms with E-state index in [1.807, 2.05) is 13.8 Å². The van der Waals surface area contributed by atoms with Gasteiger partial charge in [0.05, 0.1) is 22.7 Å². The van der Waals surface area contributed by atoms with Crippen LogP contribution in [0, 0.1) is 0 Å². The molecule has 34 heavy (non-hydrogen) atoms. The van der Waals surface area contributed by atoms with Crippen molar-refractivity contribution in [3.63, 3.8) is 0 Å². The molecule has 0 saturated carbocycles. The number of hydrogen-bond donors (Lipinski definition) is 1. The molecule has 0 bridgehead atoms. The summed E-state index contributed by atoms with van der Waals surface area (Å²) < 4.78 is 49.5. The Kier molecular flexibility index (Phi) is 6.94. The van der Waals surface area contributed by atoms with E-state index in [2.05, 4.69) is 4.72 Å². The molecule has 10 nitrogen and oxygen atoms in total. The number of carbonyl (C=O) groups excluding carboxylic acids is 2. The quantitative estimate of drug-likeness (QED) is 0.611. The van der Waals surface area contributed by atoms with Crippen LogP contribution in [0.1, 0.15) is 24.2 Å². The molecule has 2 unspecified atom stereocenters. The third kappa shape index (κ3) is 5.60. The van der Waals surface area contributed by atoms with Gasteiger partial charge in [0.1, 0.15) is 13.2 Å². The van der Waals surface area contributed by atoms with E-state index in [1.54, 1.807) is 11.0 Å². The second-order valence-corrected chi connectivity index (χ2v) is 9.80. The number of carbonyl (C=O) groups is 2. The second-order valence-electron chi connectivity index (χ2n) is 8.12. The molecule has 1 saturated heterocycles. The van der Waals surface area contributed by atoms with Crippen LogP contribution in [-0.4, -0.2) is 70.3 Å². The van der Waals surface area contributed by atoms with Crippen molar-refractivity contribution >= 4 is 27.6 Å². The monoisotopic (exact) mass is 490 g/mol. The zero-order chi connectivity index (χ0) is 24.3. The van der Waals surface area contributed by atoms with Gasteiger partial charge in [-0.2, -0.15) is 0 Å². The normalized spacial score (nSPS) is 19.9. The first-order valence-electron chi connectivity index (χ1n) is 10.8. The lowest BCUT2D eigenvalue weighted by Gasteiger charge is -2.35. The Morgan fingerprint density at radius 1 is 1.00 bits per heavy atom. The maximum Gasteiger partial charge on any atom is 0.338 e. The Hall–Kier alpha value is -3.31. The van der Waals surface area contributed by atoms with Gasteiger partial charge in [-0.15, -0.1) is 0 Å². The van der Waals surface area contributed by atoms with Crippen LogP contribution in [0.15, 0.2) is 47.4 Å². The molecule has 0 radical (unpaired) electrons. The van der Waals surface area contributed by atoms with E-state index in [9.17, 15) is 18.0 Å². The van der Waals surface area contributed by atoms with Crippen molar-refractivity contribution in [2.45, 2.75) is 31.0 Å². The molecule has 1 N–H and O–H groups in total. The van der Waals surface area contributed by atoms with E-state index in [1.165, 1.54) is 36.4 Å². The minimum Gasteiger partial charge on any atom is -0.486 e. The number of morpholine rings is 1. The van der Waals surface area contributed by atoms with Crippen LogP contribution in [0.5, 0.6) is 11.5 Å². The Labute approximate surface area is 197 Å². The number of esters is 1. The number of nitrogens with one attached hydrogen (secondary N) is 1. The summed E-state index contributed by atoms with van der Waals surface area (Å²) in [5.74, 6) is -0.116. The number of sulfonamides is 1. The van der Waals surface area contributed by atoms with E-state index >= 15 is 0 Å². The summed E-state index contributed by atoms with van der Waals surface area (Å²) in [7, 11) is -3.89. The first-order chi connectivity index (χ1) is 16.2. The number of fused-ring (bicyclic) bond motifs is 1. The predicted molar refractivity (Wildman–Crippen MR) is 122 cm³/mol. The summed E-state index contributed by atoms with van der Waals surface area (Å²) in [6.07, 6.45) is -0.163. The molecule has 182 valence electrons. The van der Waals surface area contributed by atoms with Gasteiger partial charge in [-0.3, -0.25) is 9.52 Å². The number of amides is 1. The lowest BCUT2D eigenvalue weighted by molar-refractivity contribution is -0.146. The molecule has 2 atom stereocenters. The summed E-state index contributed by atoms with van der Waals surface area (Å²) in [4.78, 5) is 26.3. The smallest absolute Gasteiger partial charge is 0.338 e. The van der Waals surface area contributed by atoms with Gasteiger partial charge in [-0.05, 0) is 50.2 Å². The molecule has 2 heterocycles. The SMILES string of the molecule is CC1CN(C(=O)COC(=O)c2ccc(NS(=O)(=O)c3ccc4c(c3)OCCO4)cc2)CC(C)O1. The molecule has 0 aliphatic carbocycles. The molecular formula is C23H26N2O8S. The molecular weight excluding hydrogens is 464 g/mol. The van der Waals surface area contributed by atoms with Crippen LogP contribution in [-0.2, 0) is 24.3 Å². The van der Waals surface area contributed by atoms with E-state index in [0.29, 0.717) is 37.8 Å². The molecule has 2 aromatic rings. The van der Waals surface area contributed by atoms with E-state index in [4.69, 9.17) is 18.9 Å². The fourth-order valence-corrected chi connectivity index (χ4v) is 4.84. The third-order valence-electron chi connectivity index (χ3n) is 5.30. The Balaban J connectivity index is 1.34. The van der Waals surface area contributed by atoms with E-state index < -0.39 is 16.0 Å². The average Bonchev–Trinajstić information content (AvgIpc) is 2.81. The number of hydrogen-bond acceptors (Lipinski definition) is 8. The van der Waals surface area contributed by atoms with Crippen LogP contribution in [0.3, 0.4) is 0 Å². The maximum absolute atomic E-state index is 12.7. The van der Waals surface area contributed by atoms with Gasteiger partial charge in [-0.1, -0.05) is 0 Å². The van der Waals surface area contributed by atoms with Crippen molar-refractivity contribution in [1.82, 2.24) is 4.90 Å². The van der Waals surface area contributed by atoms with Gasteiger partial charge in [0.15, 0.2) is 18.1 Å². The third-order valence-corrected chi connectivity index (χ3v) is 6.67. The predicted octanol–water partition coefficient (Wildman–Crippen LogP) is 2.05. The Bertz CT molecular complexity index is 1160. The lowest BCUT2D eigenvalue weighted by Crippen LogP contribution is -2.49. The highest BCUT2D eigenvalue weighted by Gasteiger charge is 2.26. The average molecular weight is 491 g/mol. The number of benzene rings is 2. The highest BCUT2D eigenvalue weighted by molar-refractivity contribution is 7.92. The topological polar surface area (TPSA) is 120 Å². The molecule has 2 aromatic carbocycles. The standard InChI is InChI=1S/C23H26N2O8S/c1-15-12-25(13-16(2)33-15)22(26)14-32-23(27)17-3-5-18(6-4-17)24-34(28,29)19-7-8-20-21(11-19)31-10-9-30-20/h3-8,11,15-16,24H,9-10,12-14H2,1-2H3. The van der Waals surface area contributed by atoms with Crippen LogP contribution in [0.4, 0.5) is 5.69 Å². The minimum atomic E-state index is -3.89. The number of rotatable bonds is 6. The summed E-state index contributed by atoms with van der Waals surface area (Å²) in [6, 6.07) is 10.1. The van der Waals surface area contributed by atoms with Crippen LogP contribution in [0.25, 0.3) is 0 Å². The molecule has 2 aliphatic heterocycles. The first kappa shape index (κ1) is 23.8. The van der Waals surface area contributed by atoms with Crippen molar-refractivity contribution in [2.24, 2.45) is 0 Å². The maximum atomic E-state index is 12.7. The Morgan fingerprint density at radius 3 is 2.32 bits per heavy atom. The van der Waals surface area contributed by atoms with Gasteiger partial charge in [0, 0.05) is 24.8 Å². The summed E-state index contributed by atoms with van der Waals surface area (Å²) in [5, 5.41) is 0. The fraction of sp³-hybridized carbons (Fsp3) is 0.391.